The van der Waals surface area contributed by atoms with Gasteiger partial charge >= 0.3 is 11.9 Å². The molecule has 1 aliphatic heterocycles. The number of carbonyl (C=O) groups excluding carboxylic acids is 2. The number of nitrogens with zero attached hydrogens (tertiary/aromatic N) is 5. The van der Waals surface area contributed by atoms with Gasteiger partial charge in [-0.25, -0.2) is 4.68 Å². The first-order valence-corrected chi connectivity index (χ1v) is 16.5. The number of aromatic nitrogens is 6. The molecule has 46 heavy (non-hydrogen) atoms. The topological polar surface area (TPSA) is 134 Å². The van der Waals surface area contributed by atoms with Crippen molar-refractivity contribution >= 4 is 11.9 Å². The lowest BCUT2D eigenvalue weighted by Gasteiger charge is -2.34. The minimum absolute atomic E-state index is 0.0546. The highest BCUT2D eigenvalue weighted by molar-refractivity contribution is 5.95. The quantitative estimate of drug-likeness (QED) is 0.104. The molecule has 0 saturated carbocycles. The lowest BCUT2D eigenvalue weighted by Crippen LogP contribution is -2.38. The van der Waals surface area contributed by atoms with E-state index in [9.17, 15) is 14.4 Å². The highest BCUT2D eigenvalue weighted by Crippen LogP contribution is 2.35. The van der Waals surface area contributed by atoms with Gasteiger partial charge in [0.2, 0.25) is 5.82 Å². The third-order valence-corrected chi connectivity index (χ3v) is 8.83. The van der Waals surface area contributed by atoms with Crippen LogP contribution in [0.4, 0.5) is 0 Å². The molecule has 2 aromatic heterocycles. The van der Waals surface area contributed by atoms with Crippen molar-refractivity contribution in [1.29, 1.82) is 0 Å². The average Bonchev–Trinajstić information content (AvgIpc) is 3.69. The fraction of sp³-hybridized carbons (Fsp3) is 0.486. The third kappa shape index (κ3) is 6.98. The second-order valence-electron chi connectivity index (χ2n) is 11.9. The van der Waals surface area contributed by atoms with Crippen molar-refractivity contribution in [3.05, 3.63) is 75.7 Å². The number of H-pyrrole nitrogens is 1. The van der Waals surface area contributed by atoms with Crippen LogP contribution in [0.15, 0.2) is 53.3 Å². The smallest absolute Gasteiger partial charge is 0.320 e. The molecule has 3 heterocycles. The number of esters is 2. The van der Waals surface area contributed by atoms with Crippen molar-refractivity contribution in [2.24, 2.45) is 5.92 Å². The maximum absolute atomic E-state index is 14.4. The van der Waals surface area contributed by atoms with E-state index < -0.39 is 17.9 Å². The zero-order valence-electron chi connectivity index (χ0n) is 27.2. The van der Waals surface area contributed by atoms with Crippen molar-refractivity contribution < 1.29 is 19.1 Å². The van der Waals surface area contributed by atoms with Gasteiger partial charge in [-0.15, -0.1) is 10.2 Å². The monoisotopic (exact) mass is 628 g/mol. The number of tetrazole rings is 1. The van der Waals surface area contributed by atoms with Crippen molar-refractivity contribution in [3.8, 4) is 22.5 Å². The van der Waals surface area contributed by atoms with Crippen LogP contribution in [0.25, 0.3) is 22.5 Å². The zero-order valence-corrected chi connectivity index (χ0v) is 27.2. The molecule has 2 atom stereocenters. The van der Waals surface area contributed by atoms with Crippen LogP contribution in [0.1, 0.15) is 95.1 Å². The van der Waals surface area contributed by atoms with Gasteiger partial charge in [0.25, 0.3) is 5.56 Å². The number of benzene rings is 2. The molecule has 11 heteroatoms. The summed E-state index contributed by atoms with van der Waals surface area (Å²) in [7, 11) is 0. The van der Waals surface area contributed by atoms with Gasteiger partial charge in [-0.1, -0.05) is 68.3 Å². The van der Waals surface area contributed by atoms with Gasteiger partial charge in [0, 0.05) is 29.3 Å². The predicted octanol–water partition coefficient (Wildman–Crippen LogP) is 5.85. The first kappa shape index (κ1) is 32.8. The van der Waals surface area contributed by atoms with E-state index in [1.807, 2.05) is 28.9 Å². The summed E-state index contributed by atoms with van der Waals surface area (Å²) in [6.07, 6.45) is 6.08. The molecular formula is C35H44N6O5. The number of nitrogens with one attached hydrogen (secondary N) is 1. The van der Waals surface area contributed by atoms with E-state index in [2.05, 4.69) is 63.4 Å². The Morgan fingerprint density at radius 1 is 0.935 bits per heavy atom. The number of hydrogen-bond acceptors (Lipinski definition) is 8. The second kappa shape index (κ2) is 15.2. The maximum Gasteiger partial charge on any atom is 0.320 e. The van der Waals surface area contributed by atoms with Gasteiger partial charge in [-0.2, -0.15) is 5.21 Å². The Bertz CT molecular complexity index is 1660. The molecule has 244 valence electrons. The van der Waals surface area contributed by atoms with Gasteiger partial charge < -0.3 is 9.47 Å². The minimum Gasteiger partial charge on any atom is -0.465 e. The Kier molecular flexibility index (Phi) is 10.8. The van der Waals surface area contributed by atoms with Crippen LogP contribution in [0, 0.1) is 5.92 Å². The van der Waals surface area contributed by atoms with Gasteiger partial charge in [-0.05, 0) is 74.8 Å². The molecule has 0 aliphatic carbocycles. The van der Waals surface area contributed by atoms with Crippen LogP contribution in [-0.4, -0.2) is 55.1 Å². The number of rotatable bonds is 14. The standard InChI is InChI=1S/C35H44N6O5/c1-5-8-9-14-31-29(21-24-16-18-25(19-17-24)27-12-10-11-13-28(27)32-36-38-39-37-32)33(42)41-26(20-15-23(4)40(31)41)22-30(34(43)45-6-2)35(44)46-7-3/h10-13,16-19,23,26,30H,5-9,14-15,20-22H2,1-4H3,(H,36,37,38,39). The van der Waals surface area contributed by atoms with Crippen LogP contribution in [0.5, 0.6) is 0 Å². The Labute approximate surface area is 269 Å². The highest BCUT2D eigenvalue weighted by Gasteiger charge is 2.37. The zero-order chi connectivity index (χ0) is 32.6. The number of aromatic amines is 1. The number of hydrogen-bond donors (Lipinski definition) is 1. The first-order valence-electron chi connectivity index (χ1n) is 16.5. The van der Waals surface area contributed by atoms with Crippen LogP contribution in [-0.2, 0) is 31.9 Å². The van der Waals surface area contributed by atoms with Gasteiger partial charge in [-0.3, -0.25) is 19.1 Å². The summed E-state index contributed by atoms with van der Waals surface area (Å²) in [5, 5.41) is 14.5. The van der Waals surface area contributed by atoms with E-state index in [0.29, 0.717) is 18.7 Å². The molecule has 0 saturated heterocycles. The van der Waals surface area contributed by atoms with E-state index in [-0.39, 0.29) is 37.3 Å². The first-order chi connectivity index (χ1) is 22.4. The van der Waals surface area contributed by atoms with E-state index in [1.165, 1.54) is 0 Å². The summed E-state index contributed by atoms with van der Waals surface area (Å²) in [5.74, 6) is -1.76. The van der Waals surface area contributed by atoms with Crippen LogP contribution >= 0.6 is 0 Å². The summed E-state index contributed by atoms with van der Waals surface area (Å²) in [4.78, 5) is 40.1. The Hall–Kier alpha value is -4.54. The molecule has 0 fully saturated rings. The fourth-order valence-electron chi connectivity index (χ4n) is 6.59. The molecule has 2 unspecified atom stereocenters. The Morgan fingerprint density at radius 3 is 2.26 bits per heavy atom. The summed E-state index contributed by atoms with van der Waals surface area (Å²) in [6.45, 7) is 8.08. The second-order valence-corrected chi connectivity index (χ2v) is 11.9. The average molecular weight is 629 g/mol. The molecular weight excluding hydrogens is 584 g/mol. The molecule has 0 amide bonds. The summed E-state index contributed by atoms with van der Waals surface area (Å²) in [6, 6.07) is 16.0. The summed E-state index contributed by atoms with van der Waals surface area (Å²) < 4.78 is 14.5. The lowest BCUT2D eigenvalue weighted by molar-refractivity contribution is -0.162. The molecule has 5 rings (SSSR count). The van der Waals surface area contributed by atoms with Crippen LogP contribution < -0.4 is 5.56 Å². The summed E-state index contributed by atoms with van der Waals surface area (Å²) >= 11 is 0. The normalized spacial score (nSPS) is 15.9. The van der Waals surface area contributed by atoms with Gasteiger partial charge in [0.05, 0.1) is 19.3 Å². The van der Waals surface area contributed by atoms with E-state index in [0.717, 1.165) is 65.6 Å². The molecule has 1 N–H and O–H groups in total. The van der Waals surface area contributed by atoms with E-state index in [4.69, 9.17) is 9.47 Å². The lowest BCUT2D eigenvalue weighted by atomic mass is 9.94. The maximum atomic E-state index is 14.4. The molecule has 1 aliphatic rings. The van der Waals surface area contributed by atoms with Crippen molar-refractivity contribution in [2.45, 2.75) is 91.1 Å². The van der Waals surface area contributed by atoms with Crippen molar-refractivity contribution in [3.63, 3.8) is 0 Å². The number of unbranched alkanes of at least 4 members (excludes halogenated alkanes) is 2. The Balaban J connectivity index is 1.49. The molecule has 11 nitrogen and oxygen atoms in total. The van der Waals surface area contributed by atoms with Crippen LogP contribution in [0.3, 0.4) is 0 Å². The molecule has 0 radical (unpaired) electrons. The SMILES string of the molecule is CCCCCc1c(Cc2ccc(-c3ccccc3-c3nn[nH]n3)cc2)c(=O)n2n1C(C)CCC2CC(C(=O)OCC)C(=O)OCC. The van der Waals surface area contributed by atoms with Crippen LogP contribution in [0.2, 0.25) is 0 Å². The molecule has 0 spiro atoms. The minimum atomic E-state index is -1.08. The number of carbonyl (C=O) groups is 2. The highest BCUT2D eigenvalue weighted by atomic mass is 16.6. The van der Waals surface area contributed by atoms with Crippen molar-refractivity contribution in [1.82, 2.24) is 30.0 Å². The molecule has 2 aromatic carbocycles. The molecule has 4 aromatic rings. The van der Waals surface area contributed by atoms with Crippen molar-refractivity contribution in [2.75, 3.05) is 13.2 Å². The third-order valence-electron chi connectivity index (χ3n) is 8.83. The fourth-order valence-corrected chi connectivity index (χ4v) is 6.59. The summed E-state index contributed by atoms with van der Waals surface area (Å²) in [5.41, 5.74) is 5.68. The molecule has 0 bridgehead atoms. The largest absolute Gasteiger partial charge is 0.465 e. The van der Waals surface area contributed by atoms with E-state index >= 15 is 0 Å². The van der Waals surface area contributed by atoms with Gasteiger partial charge in [0.15, 0.2) is 5.92 Å². The van der Waals surface area contributed by atoms with Gasteiger partial charge in [0.1, 0.15) is 0 Å². The predicted molar refractivity (Wildman–Crippen MR) is 174 cm³/mol. The van der Waals surface area contributed by atoms with E-state index in [1.54, 1.807) is 13.8 Å². The number of fused-ring (bicyclic) bond motifs is 1. The number of ether oxygens (including phenoxy) is 2. The Morgan fingerprint density at radius 2 is 1.63 bits per heavy atom.